The molecular weight excluding hydrogens is 282 g/mol. The summed E-state index contributed by atoms with van der Waals surface area (Å²) in [4.78, 5) is 1.28. The molecule has 2 rings (SSSR count). The molecule has 3 nitrogen and oxygen atoms in total. The van der Waals surface area contributed by atoms with E-state index in [-0.39, 0.29) is 0 Å². The van der Waals surface area contributed by atoms with Crippen LogP contribution in [-0.4, -0.2) is 26.6 Å². The summed E-state index contributed by atoms with van der Waals surface area (Å²) < 4.78 is 10.6. The second kappa shape index (κ2) is 8.60. The van der Waals surface area contributed by atoms with E-state index in [9.17, 15) is 0 Å². The predicted molar refractivity (Wildman–Crippen MR) is 89.4 cm³/mol. The van der Waals surface area contributed by atoms with Gasteiger partial charge in [-0.15, -0.1) is 11.8 Å². The Hall–Kier alpha value is -1.65. The van der Waals surface area contributed by atoms with Crippen LogP contribution in [0.25, 0.3) is 0 Å². The van der Waals surface area contributed by atoms with Crippen molar-refractivity contribution < 1.29 is 9.47 Å². The highest BCUT2D eigenvalue weighted by atomic mass is 32.2. The highest BCUT2D eigenvalue weighted by Gasteiger charge is 1.98. The van der Waals surface area contributed by atoms with Gasteiger partial charge in [-0.3, -0.25) is 0 Å². The van der Waals surface area contributed by atoms with Gasteiger partial charge >= 0.3 is 0 Å². The third-order valence-electron chi connectivity index (χ3n) is 3.05. The number of anilines is 1. The molecule has 0 fully saturated rings. The van der Waals surface area contributed by atoms with Crippen molar-refractivity contribution in [1.29, 1.82) is 0 Å². The van der Waals surface area contributed by atoms with Gasteiger partial charge in [0.1, 0.15) is 12.4 Å². The molecule has 0 aliphatic rings. The molecule has 21 heavy (non-hydrogen) atoms. The van der Waals surface area contributed by atoms with Crippen LogP contribution in [0.5, 0.6) is 5.75 Å². The largest absolute Gasteiger partial charge is 0.491 e. The van der Waals surface area contributed by atoms with Gasteiger partial charge in [0.05, 0.1) is 6.61 Å². The Labute approximate surface area is 130 Å². The van der Waals surface area contributed by atoms with Crippen LogP contribution in [0.15, 0.2) is 53.4 Å². The third kappa shape index (κ3) is 5.33. The lowest BCUT2D eigenvalue weighted by Gasteiger charge is -2.10. The van der Waals surface area contributed by atoms with E-state index >= 15 is 0 Å². The first-order chi connectivity index (χ1) is 10.3. The molecule has 0 aromatic heterocycles. The van der Waals surface area contributed by atoms with Crippen molar-refractivity contribution in [1.82, 2.24) is 0 Å². The summed E-state index contributed by atoms with van der Waals surface area (Å²) in [7, 11) is 1.67. The van der Waals surface area contributed by atoms with Gasteiger partial charge < -0.3 is 14.8 Å². The lowest BCUT2D eigenvalue weighted by molar-refractivity contribution is 0.146. The van der Waals surface area contributed by atoms with Crippen molar-refractivity contribution in [3.8, 4) is 5.75 Å². The van der Waals surface area contributed by atoms with Gasteiger partial charge in [-0.1, -0.05) is 18.2 Å². The maximum absolute atomic E-state index is 5.60. The van der Waals surface area contributed by atoms with Crippen molar-refractivity contribution in [3.63, 3.8) is 0 Å². The Morgan fingerprint density at radius 3 is 2.57 bits per heavy atom. The van der Waals surface area contributed by atoms with Crippen LogP contribution in [0.1, 0.15) is 5.56 Å². The number of nitrogens with one attached hydrogen (secondary N) is 1. The normalized spacial score (nSPS) is 10.4. The summed E-state index contributed by atoms with van der Waals surface area (Å²) in [5.74, 6) is 0.856. The summed E-state index contributed by atoms with van der Waals surface area (Å²) in [5.41, 5.74) is 2.32. The summed E-state index contributed by atoms with van der Waals surface area (Å²) in [6.07, 6.45) is 2.09. The van der Waals surface area contributed by atoms with E-state index in [0.29, 0.717) is 13.2 Å². The van der Waals surface area contributed by atoms with Crippen molar-refractivity contribution in [2.24, 2.45) is 0 Å². The summed E-state index contributed by atoms with van der Waals surface area (Å²) in [6.45, 7) is 1.96. The van der Waals surface area contributed by atoms with E-state index < -0.39 is 0 Å². The molecule has 112 valence electrons. The minimum atomic E-state index is 0.566. The maximum atomic E-state index is 5.60. The lowest BCUT2D eigenvalue weighted by Crippen LogP contribution is -2.05. The Morgan fingerprint density at radius 1 is 1.05 bits per heavy atom. The smallest absolute Gasteiger partial charge is 0.121 e. The van der Waals surface area contributed by atoms with E-state index in [1.54, 1.807) is 18.9 Å². The van der Waals surface area contributed by atoms with Gasteiger partial charge in [-0.25, -0.2) is 0 Å². The van der Waals surface area contributed by atoms with Crippen LogP contribution >= 0.6 is 11.8 Å². The Kier molecular flexibility index (Phi) is 6.44. The summed E-state index contributed by atoms with van der Waals surface area (Å²) >= 11 is 1.76. The van der Waals surface area contributed by atoms with Gasteiger partial charge in [-0.2, -0.15) is 0 Å². The molecule has 0 saturated heterocycles. The standard InChI is InChI=1S/C17H21NO2S/c1-19-10-11-20-16-5-3-4-15(12-16)18-13-14-6-8-17(21-2)9-7-14/h3-9,12,18H,10-11,13H2,1-2H3. The van der Waals surface area contributed by atoms with Crippen LogP contribution in [0.4, 0.5) is 5.69 Å². The number of hydrogen-bond acceptors (Lipinski definition) is 4. The van der Waals surface area contributed by atoms with E-state index in [4.69, 9.17) is 9.47 Å². The SMILES string of the molecule is COCCOc1cccc(NCc2ccc(SC)cc2)c1. The third-order valence-corrected chi connectivity index (χ3v) is 3.79. The van der Waals surface area contributed by atoms with Crippen LogP contribution in [0.3, 0.4) is 0 Å². The maximum Gasteiger partial charge on any atom is 0.121 e. The molecular formula is C17H21NO2S. The lowest BCUT2D eigenvalue weighted by atomic mass is 10.2. The molecule has 0 heterocycles. The first-order valence-electron chi connectivity index (χ1n) is 6.90. The minimum Gasteiger partial charge on any atom is -0.491 e. The monoisotopic (exact) mass is 303 g/mol. The fraction of sp³-hybridized carbons (Fsp3) is 0.294. The second-order valence-corrected chi connectivity index (χ2v) is 5.45. The van der Waals surface area contributed by atoms with Crippen LogP contribution in [0, 0.1) is 0 Å². The molecule has 0 radical (unpaired) electrons. The van der Waals surface area contributed by atoms with E-state index in [2.05, 4.69) is 35.8 Å². The van der Waals surface area contributed by atoms with Gasteiger partial charge in [0, 0.05) is 30.3 Å². The Morgan fingerprint density at radius 2 is 1.86 bits per heavy atom. The number of rotatable bonds is 8. The van der Waals surface area contributed by atoms with Crippen LogP contribution < -0.4 is 10.1 Å². The highest BCUT2D eigenvalue weighted by molar-refractivity contribution is 7.98. The van der Waals surface area contributed by atoms with Gasteiger partial charge in [-0.05, 0) is 36.1 Å². The molecule has 1 N–H and O–H groups in total. The van der Waals surface area contributed by atoms with E-state index in [0.717, 1.165) is 18.0 Å². The van der Waals surface area contributed by atoms with Crippen molar-refractivity contribution in [2.75, 3.05) is 31.9 Å². The molecule has 0 aliphatic heterocycles. The zero-order chi connectivity index (χ0) is 14.9. The average molecular weight is 303 g/mol. The van der Waals surface area contributed by atoms with E-state index in [1.165, 1.54) is 10.5 Å². The van der Waals surface area contributed by atoms with Crippen molar-refractivity contribution in [2.45, 2.75) is 11.4 Å². The summed E-state index contributed by atoms with van der Waals surface area (Å²) in [5, 5.41) is 3.41. The molecule has 0 unspecified atom stereocenters. The summed E-state index contributed by atoms with van der Waals surface area (Å²) in [6, 6.07) is 16.6. The average Bonchev–Trinajstić information content (AvgIpc) is 2.54. The number of hydrogen-bond donors (Lipinski definition) is 1. The van der Waals surface area contributed by atoms with Gasteiger partial charge in [0.25, 0.3) is 0 Å². The topological polar surface area (TPSA) is 30.5 Å². The molecule has 0 aliphatic carbocycles. The predicted octanol–water partition coefficient (Wildman–Crippen LogP) is 4.05. The molecule has 0 spiro atoms. The molecule has 0 saturated carbocycles. The minimum absolute atomic E-state index is 0.566. The zero-order valence-electron chi connectivity index (χ0n) is 12.5. The highest BCUT2D eigenvalue weighted by Crippen LogP contribution is 2.19. The van der Waals surface area contributed by atoms with Gasteiger partial charge in [0.2, 0.25) is 0 Å². The fourth-order valence-electron chi connectivity index (χ4n) is 1.89. The molecule has 0 atom stereocenters. The molecule has 2 aromatic rings. The number of thioether (sulfide) groups is 1. The quantitative estimate of drug-likeness (QED) is 0.589. The first kappa shape index (κ1) is 15.7. The number of methoxy groups -OCH3 is 1. The Bertz CT molecular complexity index is 543. The molecule has 4 heteroatoms. The Balaban J connectivity index is 1.88. The van der Waals surface area contributed by atoms with E-state index in [1.807, 2.05) is 24.3 Å². The molecule has 2 aromatic carbocycles. The fourth-order valence-corrected chi connectivity index (χ4v) is 2.29. The van der Waals surface area contributed by atoms with Crippen molar-refractivity contribution >= 4 is 17.4 Å². The molecule has 0 bridgehead atoms. The zero-order valence-corrected chi connectivity index (χ0v) is 13.3. The number of ether oxygens (including phenoxy) is 2. The van der Waals surface area contributed by atoms with Gasteiger partial charge in [0.15, 0.2) is 0 Å². The second-order valence-electron chi connectivity index (χ2n) is 4.57. The van der Waals surface area contributed by atoms with Crippen LogP contribution in [0.2, 0.25) is 0 Å². The molecule has 0 amide bonds. The number of benzene rings is 2. The first-order valence-corrected chi connectivity index (χ1v) is 8.13. The van der Waals surface area contributed by atoms with Crippen LogP contribution in [-0.2, 0) is 11.3 Å². The van der Waals surface area contributed by atoms with Crippen molar-refractivity contribution in [3.05, 3.63) is 54.1 Å².